The third kappa shape index (κ3) is 3.99. The first kappa shape index (κ1) is 20.5. The van der Waals surface area contributed by atoms with Crippen LogP contribution in [0, 0.1) is 34.0 Å². The Kier molecular flexibility index (Phi) is 5.97. The lowest BCUT2D eigenvalue weighted by molar-refractivity contribution is -0.125. The van der Waals surface area contributed by atoms with Gasteiger partial charge in [0.15, 0.2) is 0 Å². The van der Waals surface area contributed by atoms with Crippen LogP contribution in [0.3, 0.4) is 0 Å². The van der Waals surface area contributed by atoms with Crippen molar-refractivity contribution in [2.75, 3.05) is 5.32 Å². The molecule has 142 valence electrons. The predicted molar refractivity (Wildman–Crippen MR) is 102 cm³/mol. The molecule has 8 nitrogen and oxygen atoms in total. The van der Waals surface area contributed by atoms with Crippen LogP contribution < -0.4 is 10.6 Å². The molecule has 0 saturated heterocycles. The molecule has 0 spiro atoms. The van der Waals surface area contributed by atoms with Crippen molar-refractivity contribution in [1.29, 1.82) is 10.5 Å². The van der Waals surface area contributed by atoms with E-state index in [0.29, 0.717) is 16.4 Å². The molecule has 2 heterocycles. The van der Waals surface area contributed by atoms with Crippen molar-refractivity contribution in [1.82, 2.24) is 15.1 Å². The highest BCUT2D eigenvalue weighted by molar-refractivity contribution is 8.04. The Bertz CT molecular complexity index is 871. The van der Waals surface area contributed by atoms with Gasteiger partial charge in [0.25, 0.3) is 0 Å². The van der Waals surface area contributed by atoms with Gasteiger partial charge in [-0.1, -0.05) is 25.6 Å². The van der Waals surface area contributed by atoms with Gasteiger partial charge in [0, 0.05) is 17.5 Å². The van der Waals surface area contributed by atoms with Crippen molar-refractivity contribution in [3.63, 3.8) is 0 Å². The number of aromatic nitrogens is 2. The molecule has 0 radical (unpaired) electrons. The minimum absolute atomic E-state index is 0.0903. The molecule has 2 rings (SSSR count). The lowest BCUT2D eigenvalue weighted by Crippen LogP contribution is -2.45. The number of nitrogens with zero attached hydrogens (tertiary/aromatic N) is 4. The smallest absolute Gasteiger partial charge is 0.243 e. The first-order valence-electron chi connectivity index (χ1n) is 8.49. The minimum atomic E-state index is -0.957. The van der Waals surface area contributed by atoms with Gasteiger partial charge < -0.3 is 10.6 Å². The summed E-state index contributed by atoms with van der Waals surface area (Å²) in [6, 6.07) is 5.84. The second kappa shape index (κ2) is 7.85. The fraction of sp³-hybridized carbons (Fsp3) is 0.500. The van der Waals surface area contributed by atoms with Crippen LogP contribution in [0.15, 0.2) is 22.9 Å². The molecule has 1 aliphatic heterocycles. The van der Waals surface area contributed by atoms with Gasteiger partial charge in [0.05, 0.1) is 34.2 Å². The van der Waals surface area contributed by atoms with Gasteiger partial charge in [0.1, 0.15) is 11.7 Å². The standard InChI is InChI=1S/C18H22N6O2S/c1-10(2)24-14(6-7-21-24)22-15(25)11(3)27-17-13(9-20)18(4,5)12(8-19)16(26)23-17/h6-7,10-12H,1-5H3,(H,22,25)(H,23,26)/t11-,12+/m1/s1. The molecule has 1 aromatic rings. The first-order chi connectivity index (χ1) is 12.6. The van der Waals surface area contributed by atoms with Crippen molar-refractivity contribution in [3.05, 3.63) is 22.9 Å². The van der Waals surface area contributed by atoms with Gasteiger partial charge >= 0.3 is 0 Å². The Hall–Kier alpha value is -2.78. The highest BCUT2D eigenvalue weighted by Crippen LogP contribution is 2.42. The van der Waals surface area contributed by atoms with E-state index in [1.54, 1.807) is 37.7 Å². The molecular formula is C18H22N6O2S. The summed E-state index contributed by atoms with van der Waals surface area (Å²) in [5, 5.41) is 28.2. The molecule has 0 saturated carbocycles. The van der Waals surface area contributed by atoms with Crippen LogP contribution in [0.4, 0.5) is 5.82 Å². The summed E-state index contributed by atoms with van der Waals surface area (Å²) < 4.78 is 1.69. The molecule has 9 heteroatoms. The summed E-state index contributed by atoms with van der Waals surface area (Å²) in [6.45, 7) is 8.97. The molecule has 0 aromatic carbocycles. The molecule has 27 heavy (non-hydrogen) atoms. The maximum Gasteiger partial charge on any atom is 0.243 e. The Labute approximate surface area is 162 Å². The van der Waals surface area contributed by atoms with Gasteiger partial charge in [0.2, 0.25) is 11.8 Å². The summed E-state index contributed by atoms with van der Waals surface area (Å²) >= 11 is 1.09. The van der Waals surface area contributed by atoms with Crippen LogP contribution in [0.25, 0.3) is 0 Å². The second-order valence-corrected chi connectivity index (χ2v) is 8.44. The first-order valence-corrected chi connectivity index (χ1v) is 9.37. The molecule has 0 unspecified atom stereocenters. The molecular weight excluding hydrogens is 364 g/mol. The summed E-state index contributed by atoms with van der Waals surface area (Å²) in [5.41, 5.74) is -0.633. The SMILES string of the molecule is CC(C)n1nccc1NC(=O)[C@@H](C)SC1=C(C#N)C(C)(C)[C@@H](C#N)C(=O)N1. The molecule has 2 atom stereocenters. The number of hydrogen-bond donors (Lipinski definition) is 2. The summed E-state index contributed by atoms with van der Waals surface area (Å²) in [4.78, 5) is 24.8. The van der Waals surface area contributed by atoms with E-state index in [0.717, 1.165) is 11.8 Å². The number of hydrogen-bond acceptors (Lipinski definition) is 6. The molecule has 2 N–H and O–H groups in total. The Balaban J connectivity index is 2.22. The van der Waals surface area contributed by atoms with Crippen LogP contribution in [-0.4, -0.2) is 26.8 Å². The van der Waals surface area contributed by atoms with E-state index in [1.807, 2.05) is 19.9 Å². The van der Waals surface area contributed by atoms with Gasteiger partial charge in [-0.05, 0) is 20.8 Å². The number of anilines is 1. The maximum absolute atomic E-state index is 12.6. The maximum atomic E-state index is 12.6. The van der Waals surface area contributed by atoms with Crippen LogP contribution in [0.1, 0.15) is 40.7 Å². The number of nitrogens with one attached hydrogen (secondary N) is 2. The number of thioether (sulfide) groups is 1. The number of carbonyl (C=O) groups excluding carboxylic acids is 2. The lowest BCUT2D eigenvalue weighted by Gasteiger charge is -2.35. The second-order valence-electron chi connectivity index (χ2n) is 7.09. The molecule has 1 aliphatic rings. The average Bonchev–Trinajstić information content (AvgIpc) is 3.02. The third-order valence-electron chi connectivity index (χ3n) is 4.41. The Morgan fingerprint density at radius 2 is 2.07 bits per heavy atom. The fourth-order valence-electron chi connectivity index (χ4n) is 2.80. The fourth-order valence-corrected chi connectivity index (χ4v) is 3.90. The van der Waals surface area contributed by atoms with Gasteiger partial charge in [-0.2, -0.15) is 15.6 Å². The molecule has 1 aromatic heterocycles. The normalized spacial score (nSPS) is 19.9. The molecule has 0 aliphatic carbocycles. The zero-order valence-electron chi connectivity index (χ0n) is 15.9. The van der Waals surface area contributed by atoms with E-state index in [2.05, 4.69) is 21.8 Å². The van der Waals surface area contributed by atoms with Crippen molar-refractivity contribution < 1.29 is 9.59 Å². The van der Waals surface area contributed by atoms with Crippen molar-refractivity contribution >= 4 is 29.4 Å². The van der Waals surface area contributed by atoms with Crippen molar-refractivity contribution in [3.8, 4) is 12.1 Å². The van der Waals surface area contributed by atoms with Crippen LogP contribution in [0.5, 0.6) is 0 Å². The number of nitriles is 2. The van der Waals surface area contributed by atoms with Crippen LogP contribution in [0.2, 0.25) is 0 Å². The zero-order chi connectivity index (χ0) is 20.4. The minimum Gasteiger partial charge on any atom is -0.319 e. The highest BCUT2D eigenvalue weighted by Gasteiger charge is 2.45. The Morgan fingerprint density at radius 3 is 2.63 bits per heavy atom. The Morgan fingerprint density at radius 1 is 1.41 bits per heavy atom. The molecule has 0 bridgehead atoms. The van der Waals surface area contributed by atoms with Crippen molar-refractivity contribution in [2.24, 2.45) is 11.3 Å². The number of carbonyl (C=O) groups is 2. The van der Waals surface area contributed by atoms with Crippen LogP contribution >= 0.6 is 11.8 Å². The van der Waals surface area contributed by atoms with E-state index in [-0.39, 0.29) is 11.9 Å². The number of amides is 2. The number of rotatable bonds is 5. The van der Waals surface area contributed by atoms with Gasteiger partial charge in [-0.15, -0.1) is 0 Å². The van der Waals surface area contributed by atoms with E-state index in [9.17, 15) is 20.1 Å². The highest BCUT2D eigenvalue weighted by atomic mass is 32.2. The van der Waals surface area contributed by atoms with Crippen molar-refractivity contribution in [2.45, 2.75) is 45.9 Å². The van der Waals surface area contributed by atoms with E-state index < -0.39 is 22.5 Å². The zero-order valence-corrected chi connectivity index (χ0v) is 16.7. The average molecular weight is 386 g/mol. The molecule has 0 fully saturated rings. The predicted octanol–water partition coefficient (Wildman–Crippen LogP) is 2.56. The third-order valence-corrected chi connectivity index (χ3v) is 5.52. The van der Waals surface area contributed by atoms with E-state index in [1.165, 1.54) is 0 Å². The summed E-state index contributed by atoms with van der Waals surface area (Å²) in [7, 11) is 0. The monoisotopic (exact) mass is 386 g/mol. The van der Waals surface area contributed by atoms with Crippen LogP contribution in [-0.2, 0) is 9.59 Å². The van der Waals surface area contributed by atoms with E-state index >= 15 is 0 Å². The summed E-state index contributed by atoms with van der Waals surface area (Å²) in [5.74, 6) is -1.12. The topological polar surface area (TPSA) is 124 Å². The molecule has 2 amide bonds. The lowest BCUT2D eigenvalue weighted by atomic mass is 9.72. The van der Waals surface area contributed by atoms with E-state index in [4.69, 9.17) is 0 Å². The number of allylic oxidation sites excluding steroid dienone is 1. The van der Waals surface area contributed by atoms with Gasteiger partial charge in [-0.3, -0.25) is 9.59 Å². The van der Waals surface area contributed by atoms with Gasteiger partial charge in [-0.25, -0.2) is 4.68 Å². The summed E-state index contributed by atoms with van der Waals surface area (Å²) in [6.07, 6.45) is 1.61. The quantitative estimate of drug-likeness (QED) is 0.801. The largest absolute Gasteiger partial charge is 0.319 e.